The lowest BCUT2D eigenvalue weighted by Gasteiger charge is -2.18. The van der Waals surface area contributed by atoms with Gasteiger partial charge in [-0.2, -0.15) is 0 Å². The first-order chi connectivity index (χ1) is 6.95. The summed E-state index contributed by atoms with van der Waals surface area (Å²) in [7, 11) is 0. The van der Waals surface area contributed by atoms with E-state index < -0.39 is 12.1 Å². The van der Waals surface area contributed by atoms with Crippen LogP contribution in [0.15, 0.2) is 0 Å². The summed E-state index contributed by atoms with van der Waals surface area (Å²) in [5.41, 5.74) is 5.09. The van der Waals surface area contributed by atoms with Crippen LogP contribution in [-0.4, -0.2) is 41.3 Å². The van der Waals surface area contributed by atoms with Crippen LogP contribution in [0.4, 0.5) is 0 Å². The zero-order chi connectivity index (χ0) is 11.8. The number of amides is 1. The van der Waals surface area contributed by atoms with Crippen molar-refractivity contribution in [3.05, 3.63) is 0 Å². The number of aliphatic hydroxyl groups is 1. The van der Waals surface area contributed by atoms with Gasteiger partial charge in [0, 0.05) is 6.54 Å². The normalized spacial score (nSPS) is 22.1. The summed E-state index contributed by atoms with van der Waals surface area (Å²) in [6.45, 7) is 3.00. The highest BCUT2D eigenvalue weighted by molar-refractivity contribution is 5.76. The molecule has 1 aliphatic rings. The van der Waals surface area contributed by atoms with Crippen LogP contribution in [0.3, 0.4) is 0 Å². The molecule has 0 aromatic carbocycles. The largest absolute Gasteiger partial charge is 0.479 e. The van der Waals surface area contributed by atoms with E-state index in [1.807, 2.05) is 0 Å². The number of carboxylic acid groups (broad SMARTS) is 1. The van der Waals surface area contributed by atoms with Crippen molar-refractivity contribution >= 4 is 11.9 Å². The van der Waals surface area contributed by atoms with Crippen molar-refractivity contribution in [2.45, 2.75) is 25.9 Å². The molecular weight excluding hydrogens is 200 g/mol. The Morgan fingerprint density at radius 2 is 2.07 bits per heavy atom. The first-order valence-corrected chi connectivity index (χ1v) is 4.86. The first-order valence-electron chi connectivity index (χ1n) is 4.86. The van der Waals surface area contributed by atoms with Gasteiger partial charge in [0.1, 0.15) is 6.10 Å². The maximum Gasteiger partial charge on any atom is 0.332 e. The molecule has 1 saturated heterocycles. The summed E-state index contributed by atoms with van der Waals surface area (Å²) in [5.74, 6) is -1.27. The number of aliphatic carboxylic acids is 1. The van der Waals surface area contributed by atoms with E-state index in [2.05, 4.69) is 5.32 Å². The van der Waals surface area contributed by atoms with Gasteiger partial charge in [-0.15, -0.1) is 0 Å². The zero-order valence-electron chi connectivity index (χ0n) is 8.77. The summed E-state index contributed by atoms with van der Waals surface area (Å²) in [4.78, 5) is 20.0. The fraction of sp³-hybridized carbons (Fsp3) is 0.778. The Kier molecular flexibility index (Phi) is 6.64. The van der Waals surface area contributed by atoms with E-state index in [1.165, 1.54) is 6.92 Å². The lowest BCUT2D eigenvalue weighted by Crippen LogP contribution is -2.37. The van der Waals surface area contributed by atoms with Gasteiger partial charge in [-0.3, -0.25) is 4.79 Å². The molecule has 1 aliphatic heterocycles. The summed E-state index contributed by atoms with van der Waals surface area (Å²) in [5, 5.41) is 18.9. The molecular formula is C9H18N2O4. The molecule has 0 aromatic heterocycles. The topological polar surface area (TPSA) is 113 Å². The van der Waals surface area contributed by atoms with Gasteiger partial charge < -0.3 is 21.3 Å². The molecule has 0 bridgehead atoms. The van der Waals surface area contributed by atoms with Crippen molar-refractivity contribution in [3.63, 3.8) is 0 Å². The number of carbonyl (C=O) groups is 2. The van der Waals surface area contributed by atoms with Gasteiger partial charge >= 0.3 is 5.97 Å². The highest BCUT2D eigenvalue weighted by Gasteiger charge is 2.17. The van der Waals surface area contributed by atoms with Crippen LogP contribution >= 0.6 is 0 Å². The van der Waals surface area contributed by atoms with Crippen molar-refractivity contribution in [1.82, 2.24) is 5.32 Å². The Morgan fingerprint density at radius 1 is 1.53 bits per heavy atom. The van der Waals surface area contributed by atoms with Crippen LogP contribution in [0, 0.1) is 5.92 Å². The number of primary amides is 1. The smallest absolute Gasteiger partial charge is 0.332 e. The number of piperidine rings is 1. The minimum absolute atomic E-state index is 0.0822. The monoisotopic (exact) mass is 218 g/mol. The standard InChI is InChI=1S/C6H12N2O.C3H6O3/c7-6(9)5-2-1-3-8-4-5;1-2(4)3(5)6/h5,8H,1-4H2,(H2,7,9);2,4H,1H3,(H,5,6)/t5-;2-/m00/s1. The number of hydrogen-bond acceptors (Lipinski definition) is 4. The van der Waals surface area contributed by atoms with Crippen LogP contribution in [0.2, 0.25) is 0 Å². The van der Waals surface area contributed by atoms with E-state index in [-0.39, 0.29) is 11.8 Å². The Bertz CT molecular complexity index is 212. The maximum absolute atomic E-state index is 10.5. The molecule has 5 N–H and O–H groups in total. The predicted molar refractivity (Wildman–Crippen MR) is 54.1 cm³/mol. The average Bonchev–Trinajstić information content (AvgIpc) is 2.20. The molecule has 1 heterocycles. The highest BCUT2D eigenvalue weighted by Crippen LogP contribution is 2.07. The molecule has 15 heavy (non-hydrogen) atoms. The summed E-state index contributed by atoms with van der Waals surface area (Å²) in [6, 6.07) is 0. The second-order valence-electron chi connectivity index (χ2n) is 3.46. The van der Waals surface area contributed by atoms with Crippen molar-refractivity contribution < 1.29 is 19.8 Å². The Labute approximate surface area is 88.5 Å². The van der Waals surface area contributed by atoms with Gasteiger partial charge in [0.2, 0.25) is 5.91 Å². The average molecular weight is 218 g/mol. The van der Waals surface area contributed by atoms with Gasteiger partial charge in [0.05, 0.1) is 5.92 Å². The third-order valence-electron chi connectivity index (χ3n) is 2.06. The number of rotatable bonds is 2. The molecule has 0 aromatic rings. The highest BCUT2D eigenvalue weighted by atomic mass is 16.4. The van der Waals surface area contributed by atoms with Gasteiger partial charge in [0.15, 0.2) is 0 Å². The number of carbonyl (C=O) groups excluding carboxylic acids is 1. The zero-order valence-corrected chi connectivity index (χ0v) is 8.77. The summed E-state index contributed by atoms with van der Waals surface area (Å²) < 4.78 is 0. The molecule has 2 atom stereocenters. The van der Waals surface area contributed by atoms with E-state index >= 15 is 0 Å². The molecule has 1 amide bonds. The van der Waals surface area contributed by atoms with E-state index in [0.29, 0.717) is 0 Å². The van der Waals surface area contributed by atoms with Crippen LogP contribution in [-0.2, 0) is 9.59 Å². The van der Waals surface area contributed by atoms with Crippen molar-refractivity contribution in [2.24, 2.45) is 11.7 Å². The Hall–Kier alpha value is -1.14. The number of aliphatic hydroxyl groups excluding tert-OH is 1. The van der Waals surface area contributed by atoms with E-state index in [9.17, 15) is 9.59 Å². The lowest BCUT2D eigenvalue weighted by atomic mass is 9.99. The molecule has 0 radical (unpaired) electrons. The Balaban J connectivity index is 0.000000288. The molecule has 1 fully saturated rings. The molecule has 0 unspecified atom stereocenters. The van der Waals surface area contributed by atoms with Crippen LogP contribution in [0.5, 0.6) is 0 Å². The Morgan fingerprint density at radius 3 is 2.27 bits per heavy atom. The summed E-state index contributed by atoms with van der Waals surface area (Å²) >= 11 is 0. The number of nitrogens with two attached hydrogens (primary N) is 1. The fourth-order valence-electron chi connectivity index (χ4n) is 1.09. The minimum Gasteiger partial charge on any atom is -0.479 e. The van der Waals surface area contributed by atoms with Crippen LogP contribution < -0.4 is 11.1 Å². The van der Waals surface area contributed by atoms with E-state index in [4.69, 9.17) is 15.9 Å². The lowest BCUT2D eigenvalue weighted by molar-refractivity contribution is -0.145. The number of carboxylic acids is 1. The van der Waals surface area contributed by atoms with Gasteiger partial charge in [-0.05, 0) is 26.3 Å². The molecule has 0 spiro atoms. The number of hydrogen-bond donors (Lipinski definition) is 4. The minimum atomic E-state index is -1.23. The number of nitrogens with one attached hydrogen (secondary N) is 1. The third kappa shape index (κ3) is 6.87. The molecule has 6 nitrogen and oxygen atoms in total. The molecule has 0 saturated carbocycles. The van der Waals surface area contributed by atoms with Crippen molar-refractivity contribution in [1.29, 1.82) is 0 Å². The second kappa shape index (κ2) is 7.19. The summed E-state index contributed by atoms with van der Waals surface area (Å²) in [6.07, 6.45) is 0.806. The van der Waals surface area contributed by atoms with E-state index in [1.54, 1.807) is 0 Å². The SMILES string of the molecule is C[C@H](O)C(=O)O.NC(=O)[C@H]1CCCNC1. The van der Waals surface area contributed by atoms with Crippen LogP contribution in [0.25, 0.3) is 0 Å². The molecule has 1 rings (SSSR count). The van der Waals surface area contributed by atoms with Crippen LogP contribution in [0.1, 0.15) is 19.8 Å². The second-order valence-corrected chi connectivity index (χ2v) is 3.46. The van der Waals surface area contributed by atoms with Gasteiger partial charge in [0.25, 0.3) is 0 Å². The van der Waals surface area contributed by atoms with Crippen molar-refractivity contribution in [2.75, 3.05) is 13.1 Å². The molecule has 6 heteroatoms. The predicted octanol–water partition coefficient (Wildman–Crippen LogP) is -1.08. The van der Waals surface area contributed by atoms with Gasteiger partial charge in [-0.1, -0.05) is 0 Å². The molecule has 0 aliphatic carbocycles. The third-order valence-corrected chi connectivity index (χ3v) is 2.06. The van der Waals surface area contributed by atoms with Crippen molar-refractivity contribution in [3.8, 4) is 0 Å². The van der Waals surface area contributed by atoms with E-state index in [0.717, 1.165) is 25.9 Å². The van der Waals surface area contributed by atoms with Gasteiger partial charge in [-0.25, -0.2) is 4.79 Å². The molecule has 88 valence electrons. The fourth-order valence-corrected chi connectivity index (χ4v) is 1.09. The quantitative estimate of drug-likeness (QED) is 0.471. The first kappa shape index (κ1) is 13.9. The maximum atomic E-state index is 10.5.